The summed E-state index contributed by atoms with van der Waals surface area (Å²) in [5.74, 6) is -5.51. The molecule has 1 aliphatic carbocycles. The number of nitrogens with zero attached hydrogens (tertiary/aromatic N) is 1. The van der Waals surface area contributed by atoms with E-state index in [-0.39, 0.29) is 54.6 Å². The van der Waals surface area contributed by atoms with E-state index >= 15 is 0 Å². The number of allylic oxidation sites excluding steroid dienone is 2. The van der Waals surface area contributed by atoms with Gasteiger partial charge in [0.1, 0.15) is 24.0 Å². The topological polar surface area (TPSA) is 229 Å². The lowest BCUT2D eigenvalue weighted by Gasteiger charge is -2.17. The Labute approximate surface area is 223 Å². The van der Waals surface area contributed by atoms with E-state index in [0.717, 1.165) is 18.4 Å². The van der Waals surface area contributed by atoms with Gasteiger partial charge in [-0.3, -0.25) is 19.3 Å². The maximum Gasteiger partial charge on any atom is 0.373 e. The van der Waals surface area contributed by atoms with Gasteiger partial charge in [0.25, 0.3) is 0 Å². The van der Waals surface area contributed by atoms with Crippen LogP contribution in [-0.2, 0) is 25.5 Å². The highest BCUT2D eigenvalue weighted by Gasteiger charge is 2.29. The van der Waals surface area contributed by atoms with Crippen LogP contribution in [0.5, 0.6) is 23.0 Å². The molecule has 208 valence electrons. The quantitative estimate of drug-likeness (QED) is 0.203. The molecule has 0 fully saturated rings. The molecule has 0 aliphatic heterocycles. The zero-order valence-corrected chi connectivity index (χ0v) is 20.7. The average Bonchev–Trinajstić information content (AvgIpc) is 2.87. The third-order valence-electron chi connectivity index (χ3n) is 5.84. The molecule has 40 heavy (non-hydrogen) atoms. The van der Waals surface area contributed by atoms with Crippen LogP contribution in [0.4, 0.5) is 0 Å². The van der Waals surface area contributed by atoms with Crippen molar-refractivity contribution in [1.82, 2.24) is 4.90 Å². The Morgan fingerprint density at radius 2 is 1.68 bits per heavy atom. The van der Waals surface area contributed by atoms with Crippen LogP contribution in [0, 0.1) is 0 Å². The van der Waals surface area contributed by atoms with Crippen molar-refractivity contribution in [3.63, 3.8) is 0 Å². The van der Waals surface area contributed by atoms with E-state index in [2.05, 4.69) is 0 Å². The standard InChI is InChI=1S/C25H21NO11.CO2/c1-26(9-19(30)31)4-5-36-25(35)21-20-18(8-17(29)24(21)34)37-10-14(23(20)33)12-3-2-11-6-15(27)16(28)7-13(11)22(12)32;2-1-3/h3,6-8,10,27-29,34H,2,4-5,9H2,1H3,(H,30,31);. The lowest BCUT2D eigenvalue weighted by atomic mass is 9.86. The van der Waals surface area contributed by atoms with Crippen molar-refractivity contribution in [2.24, 2.45) is 0 Å². The van der Waals surface area contributed by atoms with E-state index in [4.69, 9.17) is 23.8 Å². The Bertz CT molecular complexity index is 1640. The average molecular weight is 555 g/mol. The third kappa shape index (κ3) is 5.83. The number of aromatic hydroxyl groups is 4. The molecule has 0 saturated carbocycles. The number of esters is 1. The van der Waals surface area contributed by atoms with Crippen molar-refractivity contribution < 1.29 is 58.7 Å². The molecule has 1 heterocycles. The van der Waals surface area contributed by atoms with Crippen LogP contribution >= 0.6 is 0 Å². The van der Waals surface area contributed by atoms with Gasteiger partial charge in [-0.1, -0.05) is 6.08 Å². The highest BCUT2D eigenvalue weighted by molar-refractivity contribution is 6.30. The first-order chi connectivity index (χ1) is 18.9. The number of aliphatic carboxylic acids is 1. The van der Waals surface area contributed by atoms with E-state index < -0.39 is 57.1 Å². The predicted molar refractivity (Wildman–Crippen MR) is 132 cm³/mol. The number of benzene rings is 2. The Kier molecular flexibility index (Phi) is 8.69. The molecule has 5 N–H and O–H groups in total. The molecular formula is C26H21NO13. The summed E-state index contributed by atoms with van der Waals surface area (Å²) >= 11 is 0. The number of carbonyl (C=O) groups is 3. The number of rotatable bonds is 7. The first-order valence-corrected chi connectivity index (χ1v) is 11.3. The monoisotopic (exact) mass is 555 g/mol. The number of likely N-dealkylation sites (N-methyl/N-ethyl adjacent to an activating group) is 1. The second-order valence-electron chi connectivity index (χ2n) is 8.47. The molecule has 0 unspecified atom stereocenters. The van der Waals surface area contributed by atoms with E-state index in [1.54, 1.807) is 0 Å². The van der Waals surface area contributed by atoms with E-state index in [9.17, 15) is 39.6 Å². The molecule has 0 spiro atoms. The summed E-state index contributed by atoms with van der Waals surface area (Å²) in [6, 6.07) is 3.25. The lowest BCUT2D eigenvalue weighted by Crippen LogP contribution is -2.29. The fraction of sp³-hybridized carbons (Fsp3) is 0.192. The molecular weight excluding hydrogens is 534 g/mol. The van der Waals surface area contributed by atoms with E-state index in [1.807, 2.05) is 0 Å². The van der Waals surface area contributed by atoms with Gasteiger partial charge in [0.05, 0.1) is 17.5 Å². The molecule has 0 amide bonds. The van der Waals surface area contributed by atoms with Gasteiger partial charge in [0.2, 0.25) is 5.43 Å². The van der Waals surface area contributed by atoms with E-state index in [0.29, 0.717) is 5.56 Å². The molecule has 3 aromatic rings. The number of phenols is 4. The summed E-state index contributed by atoms with van der Waals surface area (Å²) in [5.41, 5.74) is -1.65. The number of carbonyl (C=O) groups excluding carboxylic acids is 4. The van der Waals surface area contributed by atoms with Gasteiger partial charge in [0, 0.05) is 23.7 Å². The van der Waals surface area contributed by atoms with Crippen LogP contribution in [0.2, 0.25) is 0 Å². The van der Waals surface area contributed by atoms with Crippen molar-refractivity contribution in [2.45, 2.75) is 6.42 Å². The number of carboxylic acids is 1. The smallest absolute Gasteiger partial charge is 0.373 e. The number of carboxylic acid groups (broad SMARTS) is 1. The van der Waals surface area contributed by atoms with Crippen LogP contribution in [-0.4, -0.2) is 81.0 Å². The second-order valence-corrected chi connectivity index (χ2v) is 8.47. The van der Waals surface area contributed by atoms with Crippen LogP contribution in [0.15, 0.2) is 39.7 Å². The van der Waals surface area contributed by atoms with Crippen molar-refractivity contribution in [3.8, 4) is 23.0 Å². The fourth-order valence-electron chi connectivity index (χ4n) is 4.01. The minimum atomic E-state index is -1.18. The lowest BCUT2D eigenvalue weighted by molar-refractivity contribution is -0.191. The maximum atomic E-state index is 13.5. The first kappa shape index (κ1) is 29.1. The molecule has 14 heteroatoms. The van der Waals surface area contributed by atoms with Crippen molar-refractivity contribution in [3.05, 3.63) is 63.0 Å². The van der Waals surface area contributed by atoms with Gasteiger partial charge in [-0.25, -0.2) is 4.79 Å². The summed E-state index contributed by atoms with van der Waals surface area (Å²) in [7, 11) is 1.48. The minimum absolute atomic E-state index is 0.0264. The zero-order valence-electron chi connectivity index (χ0n) is 20.7. The number of ketones is 1. The van der Waals surface area contributed by atoms with Crippen molar-refractivity contribution >= 4 is 40.4 Å². The van der Waals surface area contributed by atoms with Crippen LogP contribution in [0.25, 0.3) is 16.5 Å². The summed E-state index contributed by atoms with van der Waals surface area (Å²) in [4.78, 5) is 67.8. The van der Waals surface area contributed by atoms with Gasteiger partial charge in [-0.15, -0.1) is 0 Å². The molecule has 0 bridgehead atoms. The zero-order chi connectivity index (χ0) is 29.7. The second kappa shape index (κ2) is 11.9. The van der Waals surface area contributed by atoms with Gasteiger partial charge >= 0.3 is 18.1 Å². The van der Waals surface area contributed by atoms with Crippen LogP contribution < -0.4 is 5.43 Å². The molecule has 0 radical (unpaired) electrons. The summed E-state index contributed by atoms with van der Waals surface area (Å²) < 4.78 is 10.5. The van der Waals surface area contributed by atoms with E-state index in [1.165, 1.54) is 24.1 Å². The number of phenolic OH excluding ortho intramolecular Hbond substituents is 4. The maximum absolute atomic E-state index is 13.5. The van der Waals surface area contributed by atoms with Gasteiger partial charge in [-0.05, 0) is 31.2 Å². The minimum Gasteiger partial charge on any atom is -0.504 e. The third-order valence-corrected chi connectivity index (χ3v) is 5.84. The fourth-order valence-corrected chi connectivity index (χ4v) is 4.01. The number of fused-ring (bicyclic) bond motifs is 2. The number of Topliss-reactive ketones (excluding diaryl/α,β-unsaturated/α-hetero) is 1. The highest BCUT2D eigenvalue weighted by atomic mass is 16.5. The van der Waals surface area contributed by atoms with Crippen molar-refractivity contribution in [2.75, 3.05) is 26.7 Å². The highest BCUT2D eigenvalue weighted by Crippen LogP contribution is 2.37. The summed E-state index contributed by atoms with van der Waals surface area (Å²) in [5, 5.41) is 48.4. The molecule has 4 rings (SSSR count). The first-order valence-electron chi connectivity index (χ1n) is 11.3. The summed E-state index contributed by atoms with van der Waals surface area (Å²) in [6.45, 7) is -0.575. The molecule has 14 nitrogen and oxygen atoms in total. The number of hydrogen-bond donors (Lipinski definition) is 5. The normalized spacial score (nSPS) is 12.2. The Balaban J connectivity index is 0.00000141. The summed E-state index contributed by atoms with van der Waals surface area (Å²) in [6.07, 6.45) is 2.79. The Morgan fingerprint density at radius 3 is 2.33 bits per heavy atom. The van der Waals surface area contributed by atoms with Gasteiger partial charge in [0.15, 0.2) is 28.8 Å². The Hall–Kier alpha value is -5.46. The SMILES string of the molecule is CN(CCOC(=O)c1c(O)c(O)cc2occ(C3=CCc4cc(O)c(O)cc4C3=O)c(=O)c12)CC(=O)O.O=C=O. The predicted octanol–water partition coefficient (Wildman–Crippen LogP) is 1.03. The van der Waals surface area contributed by atoms with Crippen LogP contribution in [0.3, 0.4) is 0 Å². The number of hydrogen-bond acceptors (Lipinski definition) is 13. The molecule has 1 aromatic heterocycles. The largest absolute Gasteiger partial charge is 0.504 e. The van der Waals surface area contributed by atoms with Gasteiger partial charge in [-0.2, -0.15) is 9.59 Å². The van der Waals surface area contributed by atoms with Crippen molar-refractivity contribution in [1.29, 1.82) is 0 Å². The molecule has 0 atom stereocenters. The van der Waals surface area contributed by atoms with Gasteiger partial charge < -0.3 is 34.7 Å². The van der Waals surface area contributed by atoms with Crippen LogP contribution in [0.1, 0.15) is 31.8 Å². The molecule has 0 saturated heterocycles. The molecule has 2 aromatic carbocycles. The number of ether oxygens (including phenoxy) is 1. The molecule has 1 aliphatic rings. The Morgan fingerprint density at radius 1 is 1.02 bits per heavy atom.